The van der Waals surface area contributed by atoms with Crippen molar-refractivity contribution in [3.05, 3.63) is 60.7 Å². The normalized spacial score (nSPS) is 19.1. The quantitative estimate of drug-likeness (QED) is 0.385. The standard InChI is InChI=1S/C24H22N2O2S2/c27-23(25-21-13-17-5-1-3-7-19(17)29-21)15-9-11-16(12-10-15)24(28)26-22-14-18-6-2-4-8-20(18)30-22/h1-8,13-16H,9-12H2,(H,25,27)(H,26,28). The molecule has 2 heterocycles. The largest absolute Gasteiger partial charge is 0.317 e. The number of amides is 2. The number of carbonyl (C=O) groups excluding carboxylic acids is 2. The van der Waals surface area contributed by atoms with E-state index >= 15 is 0 Å². The Morgan fingerprint density at radius 1 is 0.667 bits per heavy atom. The van der Waals surface area contributed by atoms with Crippen LogP contribution in [0.4, 0.5) is 10.0 Å². The number of benzene rings is 2. The van der Waals surface area contributed by atoms with E-state index in [1.54, 1.807) is 22.7 Å². The van der Waals surface area contributed by atoms with Crippen molar-refractivity contribution < 1.29 is 9.59 Å². The fourth-order valence-corrected chi connectivity index (χ4v) is 6.08. The minimum Gasteiger partial charge on any atom is -0.317 e. The SMILES string of the molecule is O=C(Nc1cc2ccccc2s1)C1CCC(C(=O)Nc2cc3ccccc3s2)CC1. The summed E-state index contributed by atoms with van der Waals surface area (Å²) in [7, 11) is 0. The lowest BCUT2D eigenvalue weighted by Crippen LogP contribution is -2.31. The maximum atomic E-state index is 12.7. The zero-order chi connectivity index (χ0) is 20.5. The predicted octanol–water partition coefficient (Wildman–Crippen LogP) is 6.50. The van der Waals surface area contributed by atoms with Gasteiger partial charge in [0.05, 0.1) is 10.0 Å². The molecule has 1 fully saturated rings. The molecule has 2 N–H and O–H groups in total. The van der Waals surface area contributed by atoms with Gasteiger partial charge in [-0.2, -0.15) is 0 Å². The molecule has 152 valence electrons. The van der Waals surface area contributed by atoms with E-state index in [9.17, 15) is 9.59 Å². The number of hydrogen-bond acceptors (Lipinski definition) is 4. The molecular formula is C24H22N2O2S2. The smallest absolute Gasteiger partial charge is 0.228 e. The van der Waals surface area contributed by atoms with Crippen molar-refractivity contribution in [3.8, 4) is 0 Å². The average molecular weight is 435 g/mol. The van der Waals surface area contributed by atoms with Gasteiger partial charge in [0, 0.05) is 21.2 Å². The third-order valence-electron chi connectivity index (χ3n) is 5.81. The van der Waals surface area contributed by atoms with Crippen molar-refractivity contribution in [2.75, 3.05) is 10.6 Å². The van der Waals surface area contributed by atoms with Crippen LogP contribution in [0, 0.1) is 11.8 Å². The minimum atomic E-state index is -0.0245. The Kier molecular flexibility index (Phi) is 5.27. The van der Waals surface area contributed by atoms with Gasteiger partial charge in [-0.3, -0.25) is 9.59 Å². The van der Waals surface area contributed by atoms with Crippen LogP contribution in [0.5, 0.6) is 0 Å². The molecule has 1 aliphatic carbocycles. The van der Waals surface area contributed by atoms with Crippen molar-refractivity contribution >= 4 is 64.7 Å². The van der Waals surface area contributed by atoms with Crippen molar-refractivity contribution in [2.45, 2.75) is 25.7 Å². The zero-order valence-corrected chi connectivity index (χ0v) is 18.0. The fraction of sp³-hybridized carbons (Fsp3) is 0.250. The molecule has 0 atom stereocenters. The molecule has 4 aromatic rings. The first kappa shape index (κ1) is 19.3. The van der Waals surface area contributed by atoms with Gasteiger partial charge in [0.2, 0.25) is 11.8 Å². The van der Waals surface area contributed by atoms with Crippen LogP contribution < -0.4 is 10.6 Å². The van der Waals surface area contributed by atoms with Gasteiger partial charge < -0.3 is 10.6 Å². The Bertz CT molecular complexity index is 1060. The Balaban J connectivity index is 1.16. The van der Waals surface area contributed by atoms with Gasteiger partial charge in [-0.05, 0) is 60.7 Å². The summed E-state index contributed by atoms with van der Waals surface area (Å²) in [4.78, 5) is 25.4. The average Bonchev–Trinajstić information content (AvgIpc) is 3.36. The number of carbonyl (C=O) groups is 2. The van der Waals surface area contributed by atoms with E-state index < -0.39 is 0 Å². The molecule has 2 aromatic carbocycles. The molecule has 6 heteroatoms. The molecule has 4 nitrogen and oxygen atoms in total. The second kappa shape index (κ2) is 8.20. The van der Waals surface area contributed by atoms with E-state index in [-0.39, 0.29) is 23.7 Å². The van der Waals surface area contributed by atoms with Crippen LogP contribution in [0.2, 0.25) is 0 Å². The van der Waals surface area contributed by atoms with Crippen molar-refractivity contribution in [3.63, 3.8) is 0 Å². The molecule has 0 aliphatic heterocycles. The number of thiophene rings is 2. The van der Waals surface area contributed by atoms with Gasteiger partial charge in [-0.25, -0.2) is 0 Å². The summed E-state index contributed by atoms with van der Waals surface area (Å²) in [6, 6.07) is 20.3. The first-order valence-corrected chi connectivity index (χ1v) is 11.9. The summed E-state index contributed by atoms with van der Waals surface area (Å²) >= 11 is 3.21. The number of anilines is 2. The molecule has 0 unspecified atom stereocenters. The highest BCUT2D eigenvalue weighted by Crippen LogP contribution is 2.34. The molecule has 0 spiro atoms. The highest BCUT2D eigenvalue weighted by Gasteiger charge is 2.30. The lowest BCUT2D eigenvalue weighted by atomic mass is 9.81. The molecule has 0 saturated heterocycles. The van der Waals surface area contributed by atoms with E-state index in [0.717, 1.165) is 46.5 Å². The van der Waals surface area contributed by atoms with E-state index in [1.807, 2.05) is 36.4 Å². The van der Waals surface area contributed by atoms with Gasteiger partial charge in [-0.15, -0.1) is 22.7 Å². The van der Waals surface area contributed by atoms with Crippen LogP contribution in [-0.2, 0) is 9.59 Å². The summed E-state index contributed by atoms with van der Waals surface area (Å²) < 4.78 is 2.35. The van der Waals surface area contributed by atoms with Crippen LogP contribution in [0.15, 0.2) is 60.7 Å². The monoisotopic (exact) mass is 434 g/mol. The fourth-order valence-electron chi connectivity index (χ4n) is 4.15. The number of hydrogen-bond donors (Lipinski definition) is 2. The van der Waals surface area contributed by atoms with E-state index in [1.165, 1.54) is 9.40 Å². The van der Waals surface area contributed by atoms with Crippen LogP contribution in [0.3, 0.4) is 0 Å². The Labute approximate surface area is 182 Å². The molecule has 2 aromatic heterocycles. The Hall–Kier alpha value is -2.70. The summed E-state index contributed by atoms with van der Waals surface area (Å²) in [5.74, 6) is 0.0991. The lowest BCUT2D eigenvalue weighted by Gasteiger charge is -2.26. The van der Waals surface area contributed by atoms with Crippen LogP contribution in [0.1, 0.15) is 25.7 Å². The molecule has 1 saturated carbocycles. The number of fused-ring (bicyclic) bond motifs is 2. The van der Waals surface area contributed by atoms with Gasteiger partial charge >= 0.3 is 0 Å². The maximum absolute atomic E-state index is 12.7. The first-order chi connectivity index (χ1) is 14.7. The van der Waals surface area contributed by atoms with Gasteiger partial charge in [0.1, 0.15) is 0 Å². The minimum absolute atomic E-state index is 0.0245. The molecular weight excluding hydrogens is 412 g/mol. The first-order valence-electron chi connectivity index (χ1n) is 10.2. The molecule has 0 radical (unpaired) electrons. The Morgan fingerprint density at radius 2 is 1.07 bits per heavy atom. The number of rotatable bonds is 4. The summed E-state index contributed by atoms with van der Waals surface area (Å²) in [6.07, 6.45) is 3.00. The number of nitrogens with one attached hydrogen (secondary N) is 2. The van der Waals surface area contributed by atoms with E-state index in [2.05, 4.69) is 34.9 Å². The van der Waals surface area contributed by atoms with E-state index in [4.69, 9.17) is 0 Å². The highest BCUT2D eigenvalue weighted by atomic mass is 32.1. The molecule has 5 rings (SSSR count). The van der Waals surface area contributed by atoms with Crippen LogP contribution in [-0.4, -0.2) is 11.8 Å². The second-order valence-electron chi connectivity index (χ2n) is 7.82. The van der Waals surface area contributed by atoms with Gasteiger partial charge in [0.25, 0.3) is 0 Å². The predicted molar refractivity (Wildman–Crippen MR) is 126 cm³/mol. The third kappa shape index (κ3) is 3.98. The van der Waals surface area contributed by atoms with Crippen LogP contribution >= 0.6 is 22.7 Å². The molecule has 0 bridgehead atoms. The summed E-state index contributed by atoms with van der Waals surface area (Å²) in [6.45, 7) is 0. The van der Waals surface area contributed by atoms with Crippen molar-refractivity contribution in [2.24, 2.45) is 11.8 Å². The summed E-state index contributed by atoms with van der Waals surface area (Å²) in [5.41, 5.74) is 0. The topological polar surface area (TPSA) is 58.2 Å². The van der Waals surface area contributed by atoms with Crippen molar-refractivity contribution in [1.29, 1.82) is 0 Å². The molecule has 2 amide bonds. The Morgan fingerprint density at radius 3 is 1.47 bits per heavy atom. The van der Waals surface area contributed by atoms with Gasteiger partial charge in [0.15, 0.2) is 0 Å². The zero-order valence-electron chi connectivity index (χ0n) is 16.4. The van der Waals surface area contributed by atoms with E-state index in [0.29, 0.717) is 0 Å². The summed E-state index contributed by atoms with van der Waals surface area (Å²) in [5, 5.41) is 10.3. The third-order valence-corrected chi connectivity index (χ3v) is 7.88. The van der Waals surface area contributed by atoms with Gasteiger partial charge in [-0.1, -0.05) is 36.4 Å². The molecule has 1 aliphatic rings. The van der Waals surface area contributed by atoms with Crippen LogP contribution in [0.25, 0.3) is 20.2 Å². The molecule has 30 heavy (non-hydrogen) atoms. The van der Waals surface area contributed by atoms with Crippen molar-refractivity contribution in [1.82, 2.24) is 0 Å². The lowest BCUT2D eigenvalue weighted by molar-refractivity contribution is -0.125. The second-order valence-corrected chi connectivity index (χ2v) is 9.99. The highest BCUT2D eigenvalue weighted by molar-refractivity contribution is 7.23. The maximum Gasteiger partial charge on any atom is 0.228 e.